The number of hydrogen-bond donors (Lipinski definition) is 2. The molecule has 2 heterocycles. The van der Waals surface area contributed by atoms with E-state index >= 15 is 0 Å². The van der Waals surface area contributed by atoms with Crippen LogP contribution in [0, 0.1) is 6.92 Å². The number of amides is 1. The first-order valence-corrected chi connectivity index (χ1v) is 6.77. The number of hydrogen-bond acceptors (Lipinski definition) is 3. The van der Waals surface area contributed by atoms with Crippen molar-refractivity contribution in [1.29, 1.82) is 0 Å². The number of ether oxygens (including phenoxy) is 1. The summed E-state index contributed by atoms with van der Waals surface area (Å²) in [5.41, 5.74) is 3.07. The lowest BCUT2D eigenvalue weighted by Gasteiger charge is -2.24. The van der Waals surface area contributed by atoms with Crippen molar-refractivity contribution in [1.82, 2.24) is 10.2 Å². The Hall–Kier alpha value is -2.30. The molecule has 3 rings (SSSR count). The summed E-state index contributed by atoms with van der Waals surface area (Å²) in [5.74, 6) is 1.44. The molecule has 1 aliphatic heterocycles. The van der Waals surface area contributed by atoms with Crippen LogP contribution < -0.4 is 10.1 Å². The van der Waals surface area contributed by atoms with E-state index in [4.69, 9.17) is 4.74 Å². The van der Waals surface area contributed by atoms with Crippen molar-refractivity contribution in [3.63, 3.8) is 0 Å². The highest BCUT2D eigenvalue weighted by molar-refractivity contribution is 5.94. The van der Waals surface area contributed by atoms with Crippen LogP contribution in [0.25, 0.3) is 0 Å². The lowest BCUT2D eigenvalue weighted by Crippen LogP contribution is -2.23. The van der Waals surface area contributed by atoms with Crippen LogP contribution >= 0.6 is 0 Å². The van der Waals surface area contributed by atoms with Gasteiger partial charge in [0.05, 0.1) is 6.61 Å². The SMILES string of the molecule is CCOc1ccccc1C1CC(=O)Nc2n[nH]c(C)c21. The molecule has 1 unspecified atom stereocenters. The Labute approximate surface area is 117 Å². The number of nitrogens with zero attached hydrogens (tertiary/aromatic N) is 1. The maximum absolute atomic E-state index is 11.9. The van der Waals surface area contributed by atoms with E-state index in [2.05, 4.69) is 15.5 Å². The quantitative estimate of drug-likeness (QED) is 0.901. The first-order valence-electron chi connectivity index (χ1n) is 6.77. The molecule has 0 fully saturated rings. The molecule has 1 aromatic carbocycles. The van der Waals surface area contributed by atoms with Gasteiger partial charge < -0.3 is 10.1 Å². The van der Waals surface area contributed by atoms with Crippen LogP contribution in [0.15, 0.2) is 24.3 Å². The summed E-state index contributed by atoms with van der Waals surface area (Å²) in [4.78, 5) is 11.9. The smallest absolute Gasteiger partial charge is 0.226 e. The maximum atomic E-state index is 11.9. The number of aromatic amines is 1. The van der Waals surface area contributed by atoms with E-state index < -0.39 is 0 Å². The largest absolute Gasteiger partial charge is 0.494 e. The third-order valence-corrected chi connectivity index (χ3v) is 3.58. The van der Waals surface area contributed by atoms with Gasteiger partial charge in [0.25, 0.3) is 0 Å². The van der Waals surface area contributed by atoms with Gasteiger partial charge in [-0.1, -0.05) is 18.2 Å². The minimum Gasteiger partial charge on any atom is -0.494 e. The maximum Gasteiger partial charge on any atom is 0.226 e. The van der Waals surface area contributed by atoms with E-state index in [1.54, 1.807) is 0 Å². The minimum absolute atomic E-state index is 0.0136. The summed E-state index contributed by atoms with van der Waals surface area (Å²) in [5, 5.41) is 9.92. The summed E-state index contributed by atoms with van der Waals surface area (Å²) in [6.45, 7) is 4.53. The predicted octanol–water partition coefficient (Wildman–Crippen LogP) is 2.59. The van der Waals surface area contributed by atoms with Gasteiger partial charge in [0, 0.05) is 29.2 Å². The van der Waals surface area contributed by atoms with E-state index in [-0.39, 0.29) is 11.8 Å². The predicted molar refractivity (Wildman–Crippen MR) is 76.0 cm³/mol. The Balaban J connectivity index is 2.10. The number of aromatic nitrogens is 2. The number of anilines is 1. The topological polar surface area (TPSA) is 67.0 Å². The lowest BCUT2D eigenvalue weighted by atomic mass is 9.85. The first kappa shape index (κ1) is 12.7. The number of aryl methyl sites for hydroxylation is 1. The minimum atomic E-state index is -0.0137. The first-order chi connectivity index (χ1) is 9.70. The zero-order valence-corrected chi connectivity index (χ0v) is 11.6. The molecule has 1 atom stereocenters. The van der Waals surface area contributed by atoms with Gasteiger partial charge in [0.1, 0.15) is 5.75 Å². The highest BCUT2D eigenvalue weighted by Gasteiger charge is 2.31. The Morgan fingerprint density at radius 3 is 3.00 bits per heavy atom. The van der Waals surface area contributed by atoms with Crippen molar-refractivity contribution < 1.29 is 9.53 Å². The third-order valence-electron chi connectivity index (χ3n) is 3.58. The van der Waals surface area contributed by atoms with Crippen LogP contribution in [0.2, 0.25) is 0 Å². The number of carbonyl (C=O) groups excluding carboxylic acids is 1. The highest BCUT2D eigenvalue weighted by atomic mass is 16.5. The Morgan fingerprint density at radius 1 is 1.40 bits per heavy atom. The molecule has 0 saturated heterocycles. The van der Waals surface area contributed by atoms with Crippen molar-refractivity contribution in [3.8, 4) is 5.75 Å². The summed E-state index contributed by atoms with van der Waals surface area (Å²) in [7, 11) is 0. The molecule has 1 amide bonds. The summed E-state index contributed by atoms with van der Waals surface area (Å²) in [6.07, 6.45) is 0.414. The monoisotopic (exact) mass is 271 g/mol. The molecule has 0 saturated carbocycles. The Morgan fingerprint density at radius 2 is 2.20 bits per heavy atom. The van der Waals surface area contributed by atoms with Crippen LogP contribution in [0.5, 0.6) is 5.75 Å². The summed E-state index contributed by atoms with van der Waals surface area (Å²) >= 11 is 0. The number of para-hydroxylation sites is 1. The van der Waals surface area contributed by atoms with E-state index in [0.717, 1.165) is 22.6 Å². The number of nitrogens with one attached hydrogen (secondary N) is 2. The number of carbonyl (C=O) groups is 1. The van der Waals surface area contributed by atoms with Gasteiger partial charge in [-0.25, -0.2) is 0 Å². The molecule has 2 aromatic rings. The van der Waals surface area contributed by atoms with Crippen LogP contribution in [0.4, 0.5) is 5.82 Å². The number of H-pyrrole nitrogens is 1. The second-order valence-corrected chi connectivity index (χ2v) is 4.89. The molecule has 0 aliphatic carbocycles. The number of fused-ring (bicyclic) bond motifs is 1. The van der Waals surface area contributed by atoms with E-state index in [0.29, 0.717) is 18.8 Å². The van der Waals surface area contributed by atoms with Crippen molar-refractivity contribution in [2.75, 3.05) is 11.9 Å². The van der Waals surface area contributed by atoms with Crippen molar-refractivity contribution in [3.05, 3.63) is 41.1 Å². The van der Waals surface area contributed by atoms with Gasteiger partial charge in [0.15, 0.2) is 5.82 Å². The van der Waals surface area contributed by atoms with Crippen LogP contribution in [0.1, 0.15) is 36.1 Å². The second-order valence-electron chi connectivity index (χ2n) is 4.89. The van der Waals surface area contributed by atoms with Gasteiger partial charge in [-0.3, -0.25) is 9.89 Å². The van der Waals surface area contributed by atoms with Crippen LogP contribution in [-0.4, -0.2) is 22.7 Å². The molecule has 2 N–H and O–H groups in total. The average Bonchev–Trinajstić information content (AvgIpc) is 2.80. The molecule has 1 aromatic heterocycles. The molecule has 0 radical (unpaired) electrons. The lowest BCUT2D eigenvalue weighted by molar-refractivity contribution is -0.116. The van der Waals surface area contributed by atoms with Crippen molar-refractivity contribution in [2.45, 2.75) is 26.2 Å². The molecule has 104 valence electrons. The fraction of sp³-hybridized carbons (Fsp3) is 0.333. The van der Waals surface area contributed by atoms with E-state index in [9.17, 15) is 4.79 Å². The summed E-state index contributed by atoms with van der Waals surface area (Å²) in [6, 6.07) is 7.88. The van der Waals surface area contributed by atoms with Gasteiger partial charge >= 0.3 is 0 Å². The Bertz CT molecular complexity index is 648. The third kappa shape index (κ3) is 2.05. The normalized spacial score (nSPS) is 17.5. The number of rotatable bonds is 3. The highest BCUT2D eigenvalue weighted by Crippen LogP contribution is 2.41. The van der Waals surface area contributed by atoms with Gasteiger partial charge in [-0.05, 0) is 19.9 Å². The molecular weight excluding hydrogens is 254 g/mol. The van der Waals surface area contributed by atoms with Gasteiger partial charge in [0.2, 0.25) is 5.91 Å². The van der Waals surface area contributed by atoms with E-state index in [1.165, 1.54) is 0 Å². The van der Waals surface area contributed by atoms with Crippen LogP contribution in [0.3, 0.4) is 0 Å². The standard InChI is InChI=1S/C15H17N3O2/c1-3-20-12-7-5-4-6-10(12)11-8-13(19)16-15-14(11)9(2)17-18-15/h4-7,11H,3,8H2,1-2H3,(H2,16,17,18,19). The van der Waals surface area contributed by atoms with Crippen molar-refractivity contribution >= 4 is 11.7 Å². The number of benzene rings is 1. The Kier molecular flexibility index (Phi) is 3.18. The van der Waals surface area contributed by atoms with Gasteiger partial charge in [-0.2, -0.15) is 5.10 Å². The molecule has 5 nitrogen and oxygen atoms in total. The molecule has 0 bridgehead atoms. The molecule has 20 heavy (non-hydrogen) atoms. The summed E-state index contributed by atoms with van der Waals surface area (Å²) < 4.78 is 5.69. The van der Waals surface area contributed by atoms with Crippen LogP contribution in [-0.2, 0) is 4.79 Å². The molecule has 0 spiro atoms. The van der Waals surface area contributed by atoms with Gasteiger partial charge in [-0.15, -0.1) is 0 Å². The zero-order valence-electron chi connectivity index (χ0n) is 11.6. The van der Waals surface area contributed by atoms with Crippen molar-refractivity contribution in [2.24, 2.45) is 0 Å². The zero-order chi connectivity index (χ0) is 14.1. The average molecular weight is 271 g/mol. The second kappa shape index (κ2) is 5.00. The molecule has 5 heteroatoms. The molecule has 1 aliphatic rings. The molecular formula is C15H17N3O2. The fourth-order valence-corrected chi connectivity index (χ4v) is 2.75. The van der Waals surface area contributed by atoms with E-state index in [1.807, 2.05) is 38.1 Å². The fourth-order valence-electron chi connectivity index (χ4n) is 2.75.